The first kappa shape index (κ1) is 31.9. The molecule has 3 rings (SSSR count). The molecule has 0 radical (unpaired) electrons. The van der Waals surface area contributed by atoms with Gasteiger partial charge in [0, 0.05) is 36.5 Å². The largest absolute Gasteiger partial charge is 0.478 e. The number of hydrogen-bond acceptors (Lipinski definition) is 8. The van der Waals surface area contributed by atoms with Crippen molar-refractivity contribution in [2.45, 2.75) is 6.54 Å². The van der Waals surface area contributed by atoms with Crippen LogP contribution in [-0.2, 0) is 25.7 Å². The molecule has 0 atom stereocenters. The van der Waals surface area contributed by atoms with Gasteiger partial charge in [0.2, 0.25) is 0 Å². The molecule has 0 saturated carbocycles. The third kappa shape index (κ3) is 16.3. The van der Waals surface area contributed by atoms with Crippen LogP contribution in [0.25, 0.3) is 0 Å². The van der Waals surface area contributed by atoms with Gasteiger partial charge in [-0.15, -0.1) is 22.7 Å². The smallest absolute Gasteiger partial charge is 0.328 e. The fraction of sp³-hybridized carbons (Fsp3) is 0.0400. The van der Waals surface area contributed by atoms with Gasteiger partial charge in [-0.1, -0.05) is 18.2 Å². The summed E-state index contributed by atoms with van der Waals surface area (Å²) in [5, 5.41) is 50.5. The fourth-order valence-corrected chi connectivity index (χ4v) is 3.43. The van der Waals surface area contributed by atoms with E-state index < -0.39 is 23.9 Å². The molecule has 204 valence electrons. The Labute approximate surface area is 230 Å². The molecule has 7 N–H and O–H groups in total. The molecule has 0 amide bonds. The summed E-state index contributed by atoms with van der Waals surface area (Å²) in [4.78, 5) is 43.5. The number of thiophene rings is 2. The monoisotopic (exact) mass is 572 g/mol. The molecular formula is C25H24N4O8S2. The van der Waals surface area contributed by atoms with Crippen LogP contribution in [0, 0.1) is 5.41 Å². The summed E-state index contributed by atoms with van der Waals surface area (Å²) >= 11 is 3.17. The Kier molecular flexibility index (Phi) is 14.9. The summed E-state index contributed by atoms with van der Waals surface area (Å²) in [6.07, 6.45) is 3.96. The third-order valence-electron chi connectivity index (χ3n) is 3.82. The van der Waals surface area contributed by atoms with Crippen LogP contribution >= 0.6 is 22.7 Å². The number of nitrogens with one attached hydrogen (secondary N) is 3. The van der Waals surface area contributed by atoms with Crippen molar-refractivity contribution in [1.29, 1.82) is 5.41 Å². The molecule has 3 aromatic rings. The molecule has 2 heterocycles. The number of rotatable bonds is 10. The maximum atomic E-state index is 9.55. The van der Waals surface area contributed by atoms with E-state index in [4.69, 9.17) is 25.8 Å². The molecule has 0 bridgehead atoms. The van der Waals surface area contributed by atoms with Crippen LogP contribution in [0.1, 0.15) is 10.4 Å². The predicted octanol–water partition coefficient (Wildman–Crippen LogP) is 4.12. The van der Waals surface area contributed by atoms with Crippen molar-refractivity contribution in [2.75, 3.05) is 5.32 Å². The number of benzene rings is 1. The number of nitrogens with zero attached hydrogens (tertiary/aromatic N) is 1. The molecule has 2 aromatic heterocycles. The van der Waals surface area contributed by atoms with Gasteiger partial charge >= 0.3 is 23.9 Å². The van der Waals surface area contributed by atoms with Crippen LogP contribution in [0.3, 0.4) is 0 Å². The van der Waals surface area contributed by atoms with Crippen LogP contribution < -0.4 is 10.6 Å². The SMILES string of the molecule is N=C(Nc1ccc(CN/C=N/c2cccs2)cc1)c1cccs1.O=C(O)/C=C/C(=O)O.O=C(O)/C=C/C(=O)O. The van der Waals surface area contributed by atoms with Gasteiger partial charge in [-0.2, -0.15) is 0 Å². The maximum absolute atomic E-state index is 9.55. The first-order valence-electron chi connectivity index (χ1n) is 10.6. The molecule has 14 heteroatoms. The second-order valence-corrected chi connectivity index (χ2v) is 8.66. The number of aliphatic carboxylic acids is 4. The van der Waals surface area contributed by atoms with Gasteiger partial charge in [0.1, 0.15) is 10.8 Å². The maximum Gasteiger partial charge on any atom is 0.328 e. The Bertz CT molecular complexity index is 1230. The van der Waals surface area contributed by atoms with Gasteiger partial charge in [0.25, 0.3) is 0 Å². The average molecular weight is 573 g/mol. The summed E-state index contributed by atoms with van der Waals surface area (Å²) in [7, 11) is 0. The predicted molar refractivity (Wildman–Crippen MR) is 149 cm³/mol. The number of carboxylic acids is 4. The lowest BCUT2D eigenvalue weighted by Crippen LogP contribution is -2.11. The molecule has 0 spiro atoms. The number of carbonyl (C=O) groups is 4. The Hall–Kier alpha value is -5.08. The first-order valence-corrected chi connectivity index (χ1v) is 12.4. The Morgan fingerprint density at radius 1 is 0.769 bits per heavy atom. The molecule has 0 aliphatic rings. The number of carboxylic acid groups (broad SMARTS) is 4. The Morgan fingerprint density at radius 3 is 1.72 bits per heavy atom. The van der Waals surface area contributed by atoms with E-state index in [1.165, 1.54) is 0 Å². The highest BCUT2D eigenvalue weighted by Gasteiger charge is 2.02. The average Bonchev–Trinajstić information content (AvgIpc) is 3.61. The van der Waals surface area contributed by atoms with Crippen LogP contribution in [0.2, 0.25) is 0 Å². The summed E-state index contributed by atoms with van der Waals surface area (Å²) in [5.41, 5.74) is 2.08. The van der Waals surface area contributed by atoms with Crippen molar-refractivity contribution >= 4 is 69.4 Å². The Balaban J connectivity index is 0.000000393. The second kappa shape index (κ2) is 18.2. The molecule has 0 aliphatic heterocycles. The third-order valence-corrected chi connectivity index (χ3v) is 5.49. The van der Waals surface area contributed by atoms with Crippen LogP contribution in [0.5, 0.6) is 0 Å². The van der Waals surface area contributed by atoms with Gasteiger partial charge in [0.15, 0.2) is 0 Å². The normalized spacial score (nSPS) is 10.3. The molecule has 0 aliphatic carbocycles. The van der Waals surface area contributed by atoms with Crippen molar-refractivity contribution in [2.24, 2.45) is 4.99 Å². The first-order chi connectivity index (χ1) is 18.6. The van der Waals surface area contributed by atoms with Crippen LogP contribution in [-0.4, -0.2) is 56.5 Å². The Morgan fingerprint density at radius 2 is 1.28 bits per heavy atom. The fourth-order valence-electron chi connectivity index (χ4n) is 2.23. The van der Waals surface area contributed by atoms with Gasteiger partial charge in [0.05, 0.1) is 11.2 Å². The van der Waals surface area contributed by atoms with E-state index in [9.17, 15) is 19.2 Å². The zero-order valence-electron chi connectivity index (χ0n) is 20.1. The van der Waals surface area contributed by atoms with Crippen LogP contribution in [0.15, 0.2) is 88.6 Å². The molecular weight excluding hydrogens is 548 g/mol. The molecule has 0 fully saturated rings. The van der Waals surface area contributed by atoms with Gasteiger partial charge in [-0.3, -0.25) is 5.41 Å². The van der Waals surface area contributed by atoms with Crippen molar-refractivity contribution in [3.8, 4) is 0 Å². The summed E-state index contributed by atoms with van der Waals surface area (Å²) < 4.78 is 0. The molecule has 1 aromatic carbocycles. The molecule has 12 nitrogen and oxygen atoms in total. The minimum atomic E-state index is -1.26. The minimum Gasteiger partial charge on any atom is -0.478 e. The van der Waals surface area contributed by atoms with E-state index >= 15 is 0 Å². The topological polar surface area (TPSA) is 209 Å². The number of hydrogen-bond donors (Lipinski definition) is 7. The van der Waals surface area contributed by atoms with Gasteiger partial charge < -0.3 is 31.1 Å². The lowest BCUT2D eigenvalue weighted by molar-refractivity contribution is -0.134. The van der Waals surface area contributed by atoms with Gasteiger partial charge in [-0.05, 0) is 46.7 Å². The van der Waals surface area contributed by atoms with Crippen molar-refractivity contribution in [3.05, 3.63) is 94.0 Å². The standard InChI is InChI=1S/C17H16N4S2.2C4H4O4/c18-17(15-3-1-9-22-15)21-14-7-5-13(6-8-14)11-19-12-20-16-4-2-10-23-16;2*5-3(6)1-2-4(7)8/h1-10,12H,11H2,(H2,18,21)(H,19,20);2*1-2H,(H,5,6)(H,7,8)/b;2*2-1+. The van der Waals surface area contributed by atoms with E-state index in [0.29, 0.717) is 30.1 Å². The van der Waals surface area contributed by atoms with E-state index in [-0.39, 0.29) is 0 Å². The van der Waals surface area contributed by atoms with Crippen LogP contribution in [0.4, 0.5) is 10.7 Å². The quantitative estimate of drug-likeness (QED) is 0.105. The second-order valence-electron chi connectivity index (χ2n) is 6.78. The highest BCUT2D eigenvalue weighted by Crippen LogP contribution is 2.18. The summed E-state index contributed by atoms with van der Waals surface area (Å²) in [6, 6.07) is 15.9. The highest BCUT2D eigenvalue weighted by atomic mass is 32.1. The minimum absolute atomic E-state index is 0.425. The zero-order valence-corrected chi connectivity index (χ0v) is 21.7. The van der Waals surface area contributed by atoms with E-state index in [1.807, 2.05) is 59.3 Å². The lowest BCUT2D eigenvalue weighted by Gasteiger charge is -2.07. The van der Waals surface area contributed by atoms with Gasteiger partial charge in [-0.25, -0.2) is 24.2 Å². The van der Waals surface area contributed by atoms with Crippen molar-refractivity contribution in [3.63, 3.8) is 0 Å². The van der Waals surface area contributed by atoms with Crippen molar-refractivity contribution < 1.29 is 39.6 Å². The summed E-state index contributed by atoms with van der Waals surface area (Å²) in [5.74, 6) is -4.60. The number of amidine groups is 1. The van der Waals surface area contributed by atoms with Crippen molar-refractivity contribution in [1.82, 2.24) is 5.32 Å². The number of anilines is 1. The summed E-state index contributed by atoms with van der Waals surface area (Å²) in [6.45, 7) is 0.720. The highest BCUT2D eigenvalue weighted by molar-refractivity contribution is 7.13. The van der Waals surface area contributed by atoms with E-state index in [0.717, 1.165) is 27.7 Å². The molecule has 0 saturated heterocycles. The lowest BCUT2D eigenvalue weighted by atomic mass is 10.2. The van der Waals surface area contributed by atoms with E-state index in [2.05, 4.69) is 15.6 Å². The molecule has 39 heavy (non-hydrogen) atoms. The number of aliphatic imine (C=N–C) groups is 1. The zero-order chi connectivity index (χ0) is 29.0. The molecule has 0 unspecified atom stereocenters. The van der Waals surface area contributed by atoms with E-state index in [1.54, 1.807) is 29.0 Å².